The molecule has 96 valence electrons. The molecule has 0 aliphatic carbocycles. The van der Waals surface area contributed by atoms with Crippen LogP contribution in [0, 0.1) is 0 Å². The quantitative estimate of drug-likeness (QED) is 0.679. The minimum Gasteiger partial charge on any atom is -0.395 e. The summed E-state index contributed by atoms with van der Waals surface area (Å²) in [6, 6.07) is 0.645. The molecule has 4 nitrogen and oxygen atoms in total. The molecule has 1 fully saturated rings. The van der Waals surface area contributed by atoms with E-state index in [4.69, 9.17) is 10.8 Å². The van der Waals surface area contributed by atoms with Crippen molar-refractivity contribution in [2.24, 2.45) is 5.73 Å². The summed E-state index contributed by atoms with van der Waals surface area (Å²) in [5, 5.41) is 8.87. The molecule has 1 rings (SSSR count). The van der Waals surface area contributed by atoms with Crippen LogP contribution in [-0.4, -0.2) is 66.8 Å². The van der Waals surface area contributed by atoms with E-state index in [0.29, 0.717) is 6.04 Å². The molecule has 4 heteroatoms. The van der Waals surface area contributed by atoms with Gasteiger partial charge in [-0.05, 0) is 52.5 Å². The zero-order valence-electron chi connectivity index (χ0n) is 10.7. The summed E-state index contributed by atoms with van der Waals surface area (Å²) >= 11 is 0. The van der Waals surface area contributed by atoms with Crippen molar-refractivity contribution in [2.75, 3.05) is 39.8 Å². The van der Waals surface area contributed by atoms with Gasteiger partial charge in [0, 0.05) is 12.1 Å². The van der Waals surface area contributed by atoms with Crippen molar-refractivity contribution in [3.05, 3.63) is 0 Å². The van der Waals surface area contributed by atoms with Crippen LogP contribution in [-0.2, 0) is 0 Å². The first-order chi connectivity index (χ1) is 7.67. The van der Waals surface area contributed by atoms with Crippen LogP contribution < -0.4 is 5.73 Å². The fourth-order valence-electron chi connectivity index (χ4n) is 2.32. The molecule has 1 atom stereocenters. The average Bonchev–Trinajstić information content (AvgIpc) is 2.35. The predicted octanol–water partition coefficient (Wildman–Crippen LogP) is 0.112. The molecular formula is C12H27N3O. The lowest BCUT2D eigenvalue weighted by Gasteiger charge is -2.36. The van der Waals surface area contributed by atoms with Gasteiger partial charge in [0.05, 0.1) is 6.61 Å². The molecule has 0 bridgehead atoms. The second-order valence-electron chi connectivity index (χ2n) is 4.88. The fourth-order valence-corrected chi connectivity index (χ4v) is 2.32. The van der Waals surface area contributed by atoms with E-state index in [0.717, 1.165) is 13.0 Å². The fraction of sp³-hybridized carbons (Fsp3) is 1.00. The van der Waals surface area contributed by atoms with Gasteiger partial charge in [-0.25, -0.2) is 0 Å². The normalized spacial score (nSPS) is 21.6. The molecule has 0 saturated carbocycles. The number of nitrogens with two attached hydrogens (primary N) is 1. The Morgan fingerprint density at radius 1 is 1.44 bits per heavy atom. The third-order valence-electron chi connectivity index (χ3n) is 3.71. The summed E-state index contributed by atoms with van der Waals surface area (Å²) in [4.78, 5) is 4.91. The summed E-state index contributed by atoms with van der Waals surface area (Å²) in [6.45, 7) is 6.94. The molecule has 0 aromatic rings. The maximum absolute atomic E-state index is 8.87. The maximum Gasteiger partial charge on any atom is 0.0583 e. The summed E-state index contributed by atoms with van der Waals surface area (Å²) in [5.41, 5.74) is 5.71. The van der Waals surface area contributed by atoms with Crippen LogP contribution >= 0.6 is 0 Å². The summed E-state index contributed by atoms with van der Waals surface area (Å²) in [5.74, 6) is 0. The average molecular weight is 229 g/mol. The molecular weight excluding hydrogens is 202 g/mol. The Morgan fingerprint density at radius 3 is 2.56 bits per heavy atom. The minimum atomic E-state index is -0.0572. The minimum absolute atomic E-state index is 0.0572. The van der Waals surface area contributed by atoms with Crippen LogP contribution in [0.1, 0.15) is 26.2 Å². The van der Waals surface area contributed by atoms with Gasteiger partial charge >= 0.3 is 0 Å². The summed E-state index contributed by atoms with van der Waals surface area (Å²) in [6.07, 6.45) is 3.42. The molecule has 0 spiro atoms. The summed E-state index contributed by atoms with van der Waals surface area (Å²) < 4.78 is 0. The molecule has 0 amide bonds. The van der Waals surface area contributed by atoms with Gasteiger partial charge in [-0.15, -0.1) is 0 Å². The SMILES string of the molecule is CCN1CCC(N(C)CCC(N)CO)CC1. The first kappa shape index (κ1) is 13.9. The van der Waals surface area contributed by atoms with Crippen LogP contribution in [0.25, 0.3) is 0 Å². The lowest BCUT2D eigenvalue weighted by molar-refractivity contribution is 0.126. The first-order valence-electron chi connectivity index (χ1n) is 6.46. The van der Waals surface area contributed by atoms with Crippen molar-refractivity contribution < 1.29 is 5.11 Å². The second-order valence-corrected chi connectivity index (χ2v) is 4.88. The monoisotopic (exact) mass is 229 g/mol. The number of hydrogen-bond donors (Lipinski definition) is 2. The number of rotatable bonds is 6. The highest BCUT2D eigenvalue weighted by molar-refractivity contribution is 4.78. The number of piperidine rings is 1. The second kappa shape index (κ2) is 7.22. The number of aliphatic hydroxyl groups excluding tert-OH is 1. The molecule has 1 unspecified atom stereocenters. The lowest BCUT2D eigenvalue weighted by Crippen LogP contribution is -2.44. The van der Waals surface area contributed by atoms with Crippen LogP contribution in [0.4, 0.5) is 0 Å². The van der Waals surface area contributed by atoms with Gasteiger partial charge in [0.25, 0.3) is 0 Å². The molecule has 1 aliphatic heterocycles. The van der Waals surface area contributed by atoms with E-state index in [-0.39, 0.29) is 12.6 Å². The van der Waals surface area contributed by atoms with E-state index in [9.17, 15) is 0 Å². The van der Waals surface area contributed by atoms with E-state index < -0.39 is 0 Å². The van der Waals surface area contributed by atoms with Crippen molar-refractivity contribution in [3.63, 3.8) is 0 Å². The highest BCUT2D eigenvalue weighted by Gasteiger charge is 2.21. The third kappa shape index (κ3) is 4.37. The Kier molecular flexibility index (Phi) is 6.28. The Balaban J connectivity index is 2.20. The lowest BCUT2D eigenvalue weighted by atomic mass is 10.0. The largest absolute Gasteiger partial charge is 0.395 e. The van der Waals surface area contributed by atoms with Gasteiger partial charge in [-0.3, -0.25) is 0 Å². The van der Waals surface area contributed by atoms with Crippen molar-refractivity contribution in [1.29, 1.82) is 0 Å². The van der Waals surface area contributed by atoms with Gasteiger partial charge in [0.1, 0.15) is 0 Å². The summed E-state index contributed by atoms with van der Waals surface area (Å²) in [7, 11) is 2.18. The van der Waals surface area contributed by atoms with E-state index in [1.807, 2.05) is 0 Å². The number of hydrogen-bond acceptors (Lipinski definition) is 4. The van der Waals surface area contributed by atoms with Crippen molar-refractivity contribution in [3.8, 4) is 0 Å². The molecule has 1 saturated heterocycles. The van der Waals surface area contributed by atoms with Crippen LogP contribution in [0.15, 0.2) is 0 Å². The maximum atomic E-state index is 8.87. The van der Waals surface area contributed by atoms with Gasteiger partial charge in [0.2, 0.25) is 0 Å². The molecule has 0 aromatic carbocycles. The smallest absolute Gasteiger partial charge is 0.0583 e. The van der Waals surface area contributed by atoms with Crippen molar-refractivity contribution >= 4 is 0 Å². The van der Waals surface area contributed by atoms with E-state index in [1.165, 1.54) is 32.5 Å². The van der Waals surface area contributed by atoms with Crippen LogP contribution in [0.2, 0.25) is 0 Å². The predicted molar refractivity (Wildman–Crippen MR) is 67.4 cm³/mol. The van der Waals surface area contributed by atoms with E-state index >= 15 is 0 Å². The molecule has 1 aliphatic rings. The Bertz CT molecular complexity index is 181. The van der Waals surface area contributed by atoms with Crippen LogP contribution in [0.5, 0.6) is 0 Å². The Labute approximate surface area is 99.4 Å². The zero-order chi connectivity index (χ0) is 12.0. The Hall–Kier alpha value is -0.160. The van der Waals surface area contributed by atoms with E-state index in [1.54, 1.807) is 0 Å². The zero-order valence-corrected chi connectivity index (χ0v) is 10.7. The molecule has 1 heterocycles. The van der Waals surface area contributed by atoms with Gasteiger partial charge < -0.3 is 20.6 Å². The highest BCUT2D eigenvalue weighted by atomic mass is 16.3. The molecule has 3 N–H and O–H groups in total. The van der Waals surface area contributed by atoms with Gasteiger partial charge in [-0.2, -0.15) is 0 Å². The molecule has 0 radical (unpaired) electrons. The third-order valence-corrected chi connectivity index (χ3v) is 3.71. The van der Waals surface area contributed by atoms with Crippen molar-refractivity contribution in [1.82, 2.24) is 9.80 Å². The van der Waals surface area contributed by atoms with Gasteiger partial charge in [-0.1, -0.05) is 6.92 Å². The van der Waals surface area contributed by atoms with Crippen LogP contribution in [0.3, 0.4) is 0 Å². The number of aliphatic hydroxyl groups is 1. The number of nitrogens with zero attached hydrogens (tertiary/aromatic N) is 2. The Morgan fingerprint density at radius 2 is 2.06 bits per heavy atom. The topological polar surface area (TPSA) is 52.7 Å². The number of likely N-dealkylation sites (tertiary alicyclic amines) is 1. The van der Waals surface area contributed by atoms with E-state index in [2.05, 4.69) is 23.8 Å². The molecule has 0 aromatic heterocycles. The van der Waals surface area contributed by atoms with Crippen molar-refractivity contribution in [2.45, 2.75) is 38.3 Å². The standard InChI is InChI=1S/C12H27N3O/c1-3-15-8-5-12(6-9-15)14(2)7-4-11(13)10-16/h11-12,16H,3-10,13H2,1-2H3. The molecule has 16 heavy (non-hydrogen) atoms. The highest BCUT2D eigenvalue weighted by Crippen LogP contribution is 2.15. The van der Waals surface area contributed by atoms with Gasteiger partial charge in [0.15, 0.2) is 0 Å². The first-order valence-corrected chi connectivity index (χ1v) is 6.46.